The largest absolute Gasteiger partial charge is 0.496 e. The molecule has 16 heavy (non-hydrogen) atoms. The number of aryl methyl sites for hydroxylation is 1. The third-order valence-electron chi connectivity index (χ3n) is 3.34. The van der Waals surface area contributed by atoms with Crippen molar-refractivity contribution < 1.29 is 4.74 Å². The average Bonchev–Trinajstić information content (AvgIpc) is 2.29. The fourth-order valence-corrected chi connectivity index (χ4v) is 2.69. The minimum atomic E-state index is 0.424. The van der Waals surface area contributed by atoms with E-state index in [-0.39, 0.29) is 0 Å². The van der Waals surface area contributed by atoms with Crippen molar-refractivity contribution in [2.24, 2.45) is 5.73 Å². The van der Waals surface area contributed by atoms with Gasteiger partial charge in [-0.3, -0.25) is 0 Å². The lowest BCUT2D eigenvalue weighted by Crippen LogP contribution is -2.15. The lowest BCUT2D eigenvalue weighted by molar-refractivity contribution is 0.409. The van der Waals surface area contributed by atoms with Gasteiger partial charge < -0.3 is 10.5 Å². The number of hydrogen-bond acceptors (Lipinski definition) is 2. The van der Waals surface area contributed by atoms with Crippen molar-refractivity contribution in [1.29, 1.82) is 0 Å². The standard InChI is InChI=1S/C13H17NOS/c1-8-10-6-4-3-5-9(10)7-11(13(14)16)12(8)15-2/h7H,3-6H2,1-2H3,(H2,14,16). The predicted molar refractivity (Wildman–Crippen MR) is 70.3 cm³/mol. The summed E-state index contributed by atoms with van der Waals surface area (Å²) in [6.07, 6.45) is 4.81. The van der Waals surface area contributed by atoms with Crippen LogP contribution in [0.2, 0.25) is 0 Å². The lowest BCUT2D eigenvalue weighted by Gasteiger charge is -2.22. The molecule has 0 radical (unpaired) electrons. The zero-order valence-corrected chi connectivity index (χ0v) is 10.6. The van der Waals surface area contributed by atoms with E-state index in [2.05, 4.69) is 13.0 Å². The van der Waals surface area contributed by atoms with Gasteiger partial charge in [0.2, 0.25) is 0 Å². The molecule has 1 aromatic rings. The summed E-state index contributed by atoms with van der Waals surface area (Å²) in [7, 11) is 1.68. The van der Waals surface area contributed by atoms with Crippen LogP contribution in [0.3, 0.4) is 0 Å². The molecule has 0 heterocycles. The number of rotatable bonds is 2. The molecule has 0 bridgehead atoms. The summed E-state index contributed by atoms with van der Waals surface area (Å²) in [6, 6.07) is 2.11. The molecule has 1 aromatic carbocycles. The normalized spacial score (nSPS) is 14.4. The SMILES string of the molecule is COc1c(C(N)=S)cc2c(c1C)CCCC2. The van der Waals surface area contributed by atoms with Crippen LogP contribution in [-0.4, -0.2) is 12.1 Å². The molecular formula is C13H17NOS. The van der Waals surface area contributed by atoms with E-state index in [4.69, 9.17) is 22.7 Å². The van der Waals surface area contributed by atoms with E-state index in [9.17, 15) is 0 Å². The number of ether oxygens (including phenoxy) is 1. The van der Waals surface area contributed by atoms with Crippen LogP contribution in [0.1, 0.15) is 35.1 Å². The summed E-state index contributed by atoms with van der Waals surface area (Å²) in [4.78, 5) is 0.424. The quantitative estimate of drug-likeness (QED) is 0.800. The first-order valence-corrected chi connectivity index (χ1v) is 6.05. The second-order valence-corrected chi connectivity index (χ2v) is 4.73. The Morgan fingerprint density at radius 3 is 2.69 bits per heavy atom. The topological polar surface area (TPSA) is 35.2 Å². The van der Waals surface area contributed by atoms with Gasteiger partial charge in [-0.2, -0.15) is 0 Å². The van der Waals surface area contributed by atoms with Crippen molar-refractivity contribution >= 4 is 17.2 Å². The third kappa shape index (κ3) is 1.80. The molecule has 0 saturated carbocycles. The van der Waals surface area contributed by atoms with Crippen LogP contribution in [0, 0.1) is 6.92 Å². The zero-order chi connectivity index (χ0) is 11.7. The summed E-state index contributed by atoms with van der Waals surface area (Å²) in [5.41, 5.74) is 10.7. The van der Waals surface area contributed by atoms with E-state index in [0.717, 1.165) is 24.2 Å². The van der Waals surface area contributed by atoms with Crippen LogP contribution in [0.5, 0.6) is 5.75 Å². The van der Waals surface area contributed by atoms with Gasteiger partial charge in [-0.05, 0) is 55.4 Å². The lowest BCUT2D eigenvalue weighted by atomic mass is 9.86. The van der Waals surface area contributed by atoms with E-state index in [0.29, 0.717) is 4.99 Å². The maximum Gasteiger partial charge on any atom is 0.132 e. The van der Waals surface area contributed by atoms with Crippen LogP contribution in [0.15, 0.2) is 6.07 Å². The molecule has 0 fully saturated rings. The number of hydrogen-bond donors (Lipinski definition) is 1. The molecule has 2 nitrogen and oxygen atoms in total. The molecule has 0 atom stereocenters. The Hall–Kier alpha value is -1.09. The number of thiocarbonyl (C=S) groups is 1. The van der Waals surface area contributed by atoms with Gasteiger partial charge in [0.1, 0.15) is 10.7 Å². The van der Waals surface area contributed by atoms with Crippen LogP contribution < -0.4 is 10.5 Å². The summed E-state index contributed by atoms with van der Waals surface area (Å²) in [5.74, 6) is 0.855. The highest BCUT2D eigenvalue weighted by Crippen LogP contribution is 2.33. The molecule has 0 saturated heterocycles. The minimum absolute atomic E-state index is 0.424. The summed E-state index contributed by atoms with van der Waals surface area (Å²) in [5, 5.41) is 0. The number of nitrogens with two attached hydrogens (primary N) is 1. The van der Waals surface area contributed by atoms with Crippen molar-refractivity contribution in [2.45, 2.75) is 32.6 Å². The molecule has 0 spiro atoms. The predicted octanol–water partition coefficient (Wildman–Crippen LogP) is 2.52. The average molecular weight is 235 g/mol. The number of methoxy groups -OCH3 is 1. The molecule has 2 rings (SSSR count). The zero-order valence-electron chi connectivity index (χ0n) is 9.80. The Labute approximate surface area is 102 Å². The Morgan fingerprint density at radius 2 is 2.06 bits per heavy atom. The van der Waals surface area contributed by atoms with Gasteiger partial charge in [-0.25, -0.2) is 0 Å². The highest BCUT2D eigenvalue weighted by atomic mass is 32.1. The fourth-order valence-electron chi connectivity index (χ4n) is 2.54. The van der Waals surface area contributed by atoms with Crippen LogP contribution in [0.25, 0.3) is 0 Å². The monoisotopic (exact) mass is 235 g/mol. The van der Waals surface area contributed by atoms with Gasteiger partial charge in [0.05, 0.1) is 12.7 Å². The summed E-state index contributed by atoms with van der Waals surface area (Å²) in [6.45, 7) is 2.10. The van der Waals surface area contributed by atoms with Crippen LogP contribution in [-0.2, 0) is 12.8 Å². The summed E-state index contributed by atoms with van der Waals surface area (Å²) >= 11 is 5.08. The van der Waals surface area contributed by atoms with Gasteiger partial charge in [-0.1, -0.05) is 12.2 Å². The smallest absolute Gasteiger partial charge is 0.132 e. The van der Waals surface area contributed by atoms with Crippen molar-refractivity contribution in [3.05, 3.63) is 28.3 Å². The van der Waals surface area contributed by atoms with Crippen LogP contribution in [0.4, 0.5) is 0 Å². The Kier molecular flexibility index (Phi) is 3.15. The third-order valence-corrected chi connectivity index (χ3v) is 3.56. The van der Waals surface area contributed by atoms with E-state index in [1.807, 2.05) is 0 Å². The molecule has 0 aliphatic heterocycles. The Balaban J connectivity index is 2.64. The van der Waals surface area contributed by atoms with Crippen LogP contribution >= 0.6 is 12.2 Å². The van der Waals surface area contributed by atoms with Gasteiger partial charge in [0.25, 0.3) is 0 Å². The molecule has 2 N–H and O–H groups in total. The first-order valence-electron chi connectivity index (χ1n) is 5.64. The van der Waals surface area contributed by atoms with Gasteiger partial charge in [0, 0.05) is 0 Å². The van der Waals surface area contributed by atoms with Gasteiger partial charge >= 0.3 is 0 Å². The molecule has 86 valence electrons. The highest BCUT2D eigenvalue weighted by Gasteiger charge is 2.19. The second-order valence-electron chi connectivity index (χ2n) is 4.29. The highest BCUT2D eigenvalue weighted by molar-refractivity contribution is 7.80. The van der Waals surface area contributed by atoms with E-state index >= 15 is 0 Å². The molecule has 1 aliphatic carbocycles. The maximum absolute atomic E-state index is 5.74. The summed E-state index contributed by atoms with van der Waals surface area (Å²) < 4.78 is 5.44. The molecule has 0 amide bonds. The first kappa shape index (κ1) is 11.4. The van der Waals surface area contributed by atoms with Crippen molar-refractivity contribution in [3.63, 3.8) is 0 Å². The Bertz CT molecular complexity index is 440. The minimum Gasteiger partial charge on any atom is -0.496 e. The Morgan fingerprint density at radius 1 is 1.38 bits per heavy atom. The van der Waals surface area contributed by atoms with E-state index < -0.39 is 0 Å². The molecule has 3 heteroatoms. The van der Waals surface area contributed by atoms with Crippen molar-refractivity contribution in [2.75, 3.05) is 7.11 Å². The maximum atomic E-state index is 5.74. The van der Waals surface area contributed by atoms with Crippen molar-refractivity contribution in [1.82, 2.24) is 0 Å². The van der Waals surface area contributed by atoms with E-state index in [1.165, 1.54) is 29.5 Å². The fraction of sp³-hybridized carbons (Fsp3) is 0.462. The number of benzene rings is 1. The molecular weight excluding hydrogens is 218 g/mol. The number of fused-ring (bicyclic) bond motifs is 1. The van der Waals surface area contributed by atoms with Gasteiger partial charge in [-0.15, -0.1) is 0 Å². The van der Waals surface area contributed by atoms with E-state index in [1.54, 1.807) is 7.11 Å². The first-order chi connectivity index (χ1) is 7.65. The molecule has 0 unspecified atom stereocenters. The van der Waals surface area contributed by atoms with Crippen molar-refractivity contribution in [3.8, 4) is 5.75 Å². The molecule has 0 aromatic heterocycles. The second kappa shape index (κ2) is 4.42. The van der Waals surface area contributed by atoms with Gasteiger partial charge in [0.15, 0.2) is 0 Å². The molecule has 1 aliphatic rings.